The molecule has 0 radical (unpaired) electrons. The van der Waals surface area contributed by atoms with E-state index < -0.39 is 17.9 Å². The second-order valence-electron chi connectivity index (χ2n) is 2.12. The molecule has 0 bridgehead atoms. The third kappa shape index (κ3) is 4.29. The number of rotatable bonds is 4. The van der Waals surface area contributed by atoms with Gasteiger partial charge in [0.05, 0.1) is 6.04 Å². The van der Waals surface area contributed by atoms with E-state index in [0.29, 0.717) is 0 Å². The summed E-state index contributed by atoms with van der Waals surface area (Å²) in [6, 6.07) is -0.757. The zero-order valence-electron chi connectivity index (χ0n) is 6.04. The molecule has 6 nitrogen and oxygen atoms in total. The Kier molecular flexibility index (Phi) is 4.16. The quantitative estimate of drug-likeness (QED) is 0.207. The van der Waals surface area contributed by atoms with Gasteiger partial charge in [-0.25, -0.2) is 5.84 Å². The number of hydrazine groups is 1. The highest BCUT2D eigenvalue weighted by Gasteiger charge is 2.11. The van der Waals surface area contributed by atoms with E-state index in [1.54, 1.807) is 0 Å². The minimum absolute atomic E-state index is 0.0919. The Bertz CT molecular complexity index is 159. The molecular weight excluding hydrogens is 148 g/mol. The molecule has 0 spiro atoms. The predicted molar refractivity (Wildman–Crippen MR) is 38.7 cm³/mol. The summed E-state index contributed by atoms with van der Waals surface area (Å²) in [4.78, 5) is 20.8. The smallest absolute Gasteiger partial charge is 0.250 e. The molecule has 6 heteroatoms. The highest BCUT2D eigenvalue weighted by molar-refractivity contribution is 5.82. The lowest BCUT2D eigenvalue weighted by Crippen LogP contribution is -2.44. The Labute approximate surface area is 64.1 Å². The van der Waals surface area contributed by atoms with Gasteiger partial charge in [-0.15, -0.1) is 0 Å². The molecule has 0 aliphatic heterocycles. The van der Waals surface area contributed by atoms with Gasteiger partial charge in [-0.1, -0.05) is 0 Å². The summed E-state index contributed by atoms with van der Waals surface area (Å²) in [6.45, 7) is 0. The van der Waals surface area contributed by atoms with Crippen LogP contribution < -0.4 is 22.7 Å². The molecule has 7 N–H and O–H groups in total. The fraction of sp³-hybridized carbons (Fsp3) is 0.600. The van der Waals surface area contributed by atoms with Gasteiger partial charge in [0.25, 0.3) is 5.91 Å². The third-order valence-corrected chi connectivity index (χ3v) is 1.18. The Balaban J connectivity index is 3.60. The van der Waals surface area contributed by atoms with Gasteiger partial charge in [0, 0.05) is 6.42 Å². The molecule has 0 saturated carbocycles. The lowest BCUT2D eigenvalue weighted by atomic mass is 10.1. The van der Waals surface area contributed by atoms with Crippen LogP contribution in [0.15, 0.2) is 0 Å². The van der Waals surface area contributed by atoms with Gasteiger partial charge < -0.3 is 11.5 Å². The molecule has 0 aliphatic rings. The van der Waals surface area contributed by atoms with E-state index in [1.165, 1.54) is 0 Å². The van der Waals surface area contributed by atoms with E-state index in [9.17, 15) is 9.59 Å². The van der Waals surface area contributed by atoms with Gasteiger partial charge in [-0.3, -0.25) is 15.0 Å². The van der Waals surface area contributed by atoms with E-state index in [1.807, 2.05) is 5.43 Å². The summed E-state index contributed by atoms with van der Waals surface area (Å²) in [7, 11) is 0. The zero-order chi connectivity index (χ0) is 8.85. The normalized spacial score (nSPS) is 12.2. The van der Waals surface area contributed by atoms with Crippen molar-refractivity contribution in [3.05, 3.63) is 0 Å². The SMILES string of the molecule is NNC(=O)[C@@H](N)CCC(N)=O. The van der Waals surface area contributed by atoms with Crippen molar-refractivity contribution >= 4 is 11.8 Å². The van der Waals surface area contributed by atoms with Crippen LogP contribution in [-0.4, -0.2) is 17.9 Å². The van der Waals surface area contributed by atoms with Crippen LogP contribution in [-0.2, 0) is 9.59 Å². The maximum atomic E-state index is 10.6. The van der Waals surface area contributed by atoms with E-state index in [0.717, 1.165) is 0 Å². The van der Waals surface area contributed by atoms with Gasteiger partial charge in [-0.2, -0.15) is 0 Å². The molecule has 2 amide bonds. The van der Waals surface area contributed by atoms with Gasteiger partial charge >= 0.3 is 0 Å². The summed E-state index contributed by atoms with van der Waals surface area (Å²) in [5.41, 5.74) is 12.0. The Morgan fingerprint density at radius 2 is 2.00 bits per heavy atom. The summed E-state index contributed by atoms with van der Waals surface area (Å²) in [6.07, 6.45) is 0.312. The first kappa shape index (κ1) is 9.86. The first-order valence-corrected chi connectivity index (χ1v) is 3.12. The molecule has 0 fully saturated rings. The van der Waals surface area contributed by atoms with Crippen molar-refractivity contribution in [2.24, 2.45) is 17.3 Å². The lowest BCUT2D eigenvalue weighted by molar-refractivity contribution is -0.122. The van der Waals surface area contributed by atoms with Crippen LogP contribution in [0.5, 0.6) is 0 Å². The van der Waals surface area contributed by atoms with Crippen LogP contribution in [0.25, 0.3) is 0 Å². The second kappa shape index (κ2) is 4.64. The molecular formula is C5H12N4O2. The molecule has 0 unspecified atom stereocenters. The van der Waals surface area contributed by atoms with E-state index in [2.05, 4.69) is 0 Å². The summed E-state index contributed by atoms with van der Waals surface area (Å²) < 4.78 is 0. The van der Waals surface area contributed by atoms with Crippen molar-refractivity contribution in [1.82, 2.24) is 5.43 Å². The van der Waals surface area contributed by atoms with Crippen LogP contribution in [0.2, 0.25) is 0 Å². The average molecular weight is 160 g/mol. The standard InChI is InChI=1S/C5H12N4O2/c6-3(5(11)9-8)1-2-4(7)10/h3H,1-2,6,8H2,(H2,7,10)(H,9,11)/t3-/m0/s1. The van der Waals surface area contributed by atoms with Crippen molar-refractivity contribution in [3.8, 4) is 0 Å². The van der Waals surface area contributed by atoms with Crippen LogP contribution in [0.4, 0.5) is 0 Å². The van der Waals surface area contributed by atoms with E-state index in [4.69, 9.17) is 17.3 Å². The van der Waals surface area contributed by atoms with Crippen LogP contribution in [0.1, 0.15) is 12.8 Å². The van der Waals surface area contributed by atoms with Crippen LogP contribution >= 0.6 is 0 Å². The molecule has 0 aromatic carbocycles. The van der Waals surface area contributed by atoms with Gasteiger partial charge in [0.1, 0.15) is 0 Å². The van der Waals surface area contributed by atoms with Crippen molar-refractivity contribution in [3.63, 3.8) is 0 Å². The number of primary amides is 1. The highest BCUT2D eigenvalue weighted by Crippen LogP contribution is 1.92. The fourth-order valence-corrected chi connectivity index (χ4v) is 0.536. The molecule has 0 saturated heterocycles. The number of hydrogen-bond acceptors (Lipinski definition) is 4. The number of amides is 2. The maximum absolute atomic E-state index is 10.6. The topological polar surface area (TPSA) is 124 Å². The maximum Gasteiger partial charge on any atom is 0.250 e. The second-order valence-corrected chi connectivity index (χ2v) is 2.12. The van der Waals surface area contributed by atoms with Crippen LogP contribution in [0.3, 0.4) is 0 Å². The first-order valence-electron chi connectivity index (χ1n) is 3.12. The Morgan fingerprint density at radius 3 is 2.36 bits per heavy atom. The molecule has 0 heterocycles. The largest absolute Gasteiger partial charge is 0.370 e. The van der Waals surface area contributed by atoms with Crippen molar-refractivity contribution in [2.45, 2.75) is 18.9 Å². The number of nitrogens with two attached hydrogens (primary N) is 3. The predicted octanol–water partition coefficient (Wildman–Crippen LogP) is -2.43. The Morgan fingerprint density at radius 1 is 1.45 bits per heavy atom. The first-order chi connectivity index (χ1) is 5.07. The Hall–Kier alpha value is -1.14. The van der Waals surface area contributed by atoms with Gasteiger partial charge in [0.15, 0.2) is 0 Å². The van der Waals surface area contributed by atoms with Gasteiger partial charge in [-0.05, 0) is 6.42 Å². The van der Waals surface area contributed by atoms with Gasteiger partial charge in [0.2, 0.25) is 5.91 Å². The van der Waals surface area contributed by atoms with Crippen molar-refractivity contribution in [2.75, 3.05) is 0 Å². The van der Waals surface area contributed by atoms with E-state index in [-0.39, 0.29) is 12.8 Å². The molecule has 11 heavy (non-hydrogen) atoms. The molecule has 1 atom stereocenters. The van der Waals surface area contributed by atoms with Crippen molar-refractivity contribution < 1.29 is 9.59 Å². The minimum Gasteiger partial charge on any atom is -0.370 e. The number of nitrogens with one attached hydrogen (secondary N) is 1. The van der Waals surface area contributed by atoms with Crippen molar-refractivity contribution in [1.29, 1.82) is 0 Å². The fourth-order valence-electron chi connectivity index (χ4n) is 0.536. The molecule has 0 aromatic heterocycles. The van der Waals surface area contributed by atoms with Crippen LogP contribution in [0, 0.1) is 0 Å². The average Bonchev–Trinajstić information content (AvgIpc) is 1.98. The zero-order valence-corrected chi connectivity index (χ0v) is 6.04. The molecule has 0 aliphatic carbocycles. The summed E-state index contributed by atoms with van der Waals surface area (Å²) in [5.74, 6) is 3.81. The summed E-state index contributed by atoms with van der Waals surface area (Å²) in [5, 5.41) is 0. The number of hydrogen-bond donors (Lipinski definition) is 4. The number of carbonyl (C=O) groups is 2. The molecule has 0 aromatic rings. The molecule has 0 rings (SSSR count). The number of carbonyl (C=O) groups excluding carboxylic acids is 2. The molecule has 64 valence electrons. The third-order valence-electron chi connectivity index (χ3n) is 1.18. The minimum atomic E-state index is -0.757. The monoisotopic (exact) mass is 160 g/mol. The summed E-state index contributed by atoms with van der Waals surface area (Å²) >= 11 is 0. The lowest BCUT2D eigenvalue weighted by Gasteiger charge is -2.06. The highest BCUT2D eigenvalue weighted by atomic mass is 16.2. The van der Waals surface area contributed by atoms with E-state index >= 15 is 0 Å².